The number of rotatable bonds is 6. The van der Waals surface area contributed by atoms with Crippen LogP contribution in [0.5, 0.6) is 5.75 Å². The number of aliphatic carboxylic acids is 1. The number of nitrogens with one attached hydrogen (secondary N) is 2. The Kier molecular flexibility index (Phi) is 4.57. The van der Waals surface area contributed by atoms with Gasteiger partial charge in [-0.25, -0.2) is 0 Å². The molecule has 6 heteroatoms. The van der Waals surface area contributed by atoms with Crippen LogP contribution in [-0.4, -0.2) is 36.2 Å². The van der Waals surface area contributed by atoms with E-state index >= 15 is 0 Å². The van der Waals surface area contributed by atoms with Crippen molar-refractivity contribution in [2.45, 2.75) is 25.8 Å². The maximum atomic E-state index is 11.3. The average Bonchev–Trinajstić information content (AvgIpc) is 2.43. The van der Waals surface area contributed by atoms with Crippen LogP contribution in [0.15, 0.2) is 18.2 Å². The Morgan fingerprint density at radius 2 is 2.30 bits per heavy atom. The quantitative estimate of drug-likeness (QED) is 0.723. The molecule has 2 rings (SSSR count). The Morgan fingerprint density at radius 1 is 1.50 bits per heavy atom. The summed E-state index contributed by atoms with van der Waals surface area (Å²) in [4.78, 5) is 22.2. The first-order valence-corrected chi connectivity index (χ1v) is 6.62. The first-order chi connectivity index (χ1) is 9.60. The summed E-state index contributed by atoms with van der Waals surface area (Å²) in [7, 11) is 0. The standard InChI is InChI=1S/C14H18N2O4/c1-2-15-12(14(18)19)8-20-10-4-5-11-9(7-10)3-6-13(17)16-11/h4-5,7,12,15H,2-3,6,8H2,1H3,(H,16,17)(H,18,19). The lowest BCUT2D eigenvalue weighted by molar-refractivity contribution is -0.140. The fourth-order valence-corrected chi connectivity index (χ4v) is 2.09. The molecule has 6 nitrogen and oxygen atoms in total. The number of hydrogen-bond donors (Lipinski definition) is 3. The van der Waals surface area contributed by atoms with Gasteiger partial charge in [-0.1, -0.05) is 6.92 Å². The number of carboxylic acid groups (broad SMARTS) is 1. The largest absolute Gasteiger partial charge is 0.491 e. The first-order valence-electron chi connectivity index (χ1n) is 6.62. The molecular formula is C14H18N2O4. The summed E-state index contributed by atoms with van der Waals surface area (Å²) in [6, 6.07) is 4.63. The molecule has 1 heterocycles. The number of carboxylic acids is 1. The van der Waals surface area contributed by atoms with Gasteiger partial charge in [-0.3, -0.25) is 9.59 Å². The molecule has 20 heavy (non-hydrogen) atoms. The van der Waals surface area contributed by atoms with Gasteiger partial charge in [-0.05, 0) is 36.7 Å². The van der Waals surface area contributed by atoms with Crippen LogP contribution in [0.1, 0.15) is 18.9 Å². The van der Waals surface area contributed by atoms with Crippen LogP contribution in [0.3, 0.4) is 0 Å². The van der Waals surface area contributed by atoms with E-state index in [9.17, 15) is 9.59 Å². The van der Waals surface area contributed by atoms with E-state index in [1.54, 1.807) is 12.1 Å². The molecule has 0 saturated heterocycles. The highest BCUT2D eigenvalue weighted by Crippen LogP contribution is 2.26. The molecule has 0 bridgehead atoms. The van der Waals surface area contributed by atoms with E-state index in [4.69, 9.17) is 9.84 Å². The second kappa shape index (κ2) is 6.38. The van der Waals surface area contributed by atoms with E-state index in [0.29, 0.717) is 25.1 Å². The number of aryl methyl sites for hydroxylation is 1. The van der Waals surface area contributed by atoms with Crippen molar-refractivity contribution in [2.75, 3.05) is 18.5 Å². The third-order valence-electron chi connectivity index (χ3n) is 3.14. The number of carbonyl (C=O) groups is 2. The number of anilines is 1. The molecule has 0 radical (unpaired) electrons. The van der Waals surface area contributed by atoms with Crippen molar-refractivity contribution in [3.05, 3.63) is 23.8 Å². The Hall–Kier alpha value is -2.08. The van der Waals surface area contributed by atoms with Crippen LogP contribution in [0, 0.1) is 0 Å². The van der Waals surface area contributed by atoms with Crippen molar-refractivity contribution in [3.8, 4) is 5.75 Å². The summed E-state index contributed by atoms with van der Waals surface area (Å²) < 4.78 is 5.52. The highest BCUT2D eigenvalue weighted by Gasteiger charge is 2.18. The Balaban J connectivity index is 2.00. The Bertz CT molecular complexity index is 516. The van der Waals surface area contributed by atoms with Crippen molar-refractivity contribution in [1.29, 1.82) is 0 Å². The second-order valence-electron chi connectivity index (χ2n) is 4.63. The van der Waals surface area contributed by atoms with Crippen molar-refractivity contribution in [1.82, 2.24) is 5.32 Å². The van der Waals surface area contributed by atoms with Gasteiger partial charge in [0.25, 0.3) is 0 Å². The highest BCUT2D eigenvalue weighted by molar-refractivity contribution is 5.94. The van der Waals surface area contributed by atoms with Crippen molar-refractivity contribution >= 4 is 17.6 Å². The lowest BCUT2D eigenvalue weighted by Gasteiger charge is -2.19. The highest BCUT2D eigenvalue weighted by atomic mass is 16.5. The third kappa shape index (κ3) is 3.48. The molecule has 1 unspecified atom stereocenters. The van der Waals surface area contributed by atoms with Gasteiger partial charge >= 0.3 is 5.97 Å². The zero-order valence-corrected chi connectivity index (χ0v) is 11.3. The Morgan fingerprint density at radius 3 is 3.00 bits per heavy atom. The van der Waals surface area contributed by atoms with E-state index < -0.39 is 12.0 Å². The van der Waals surface area contributed by atoms with E-state index in [1.807, 2.05) is 13.0 Å². The summed E-state index contributed by atoms with van der Waals surface area (Å²) >= 11 is 0. The molecule has 1 atom stereocenters. The van der Waals surface area contributed by atoms with Gasteiger partial charge in [0, 0.05) is 12.1 Å². The zero-order valence-electron chi connectivity index (χ0n) is 11.3. The van der Waals surface area contributed by atoms with Crippen LogP contribution in [0.25, 0.3) is 0 Å². The fraction of sp³-hybridized carbons (Fsp3) is 0.429. The average molecular weight is 278 g/mol. The lowest BCUT2D eigenvalue weighted by Crippen LogP contribution is -2.41. The Labute approximate surface area is 117 Å². The smallest absolute Gasteiger partial charge is 0.324 e. The molecule has 1 aliphatic rings. The van der Waals surface area contributed by atoms with Crippen LogP contribution < -0.4 is 15.4 Å². The van der Waals surface area contributed by atoms with Gasteiger partial charge in [0.05, 0.1) is 0 Å². The van der Waals surface area contributed by atoms with Gasteiger partial charge in [-0.15, -0.1) is 0 Å². The molecule has 3 N–H and O–H groups in total. The topological polar surface area (TPSA) is 87.7 Å². The summed E-state index contributed by atoms with van der Waals surface area (Å²) in [6.45, 7) is 2.47. The molecule has 0 saturated carbocycles. The SMILES string of the molecule is CCNC(COc1ccc2c(c1)CCC(=O)N2)C(=O)O. The fourth-order valence-electron chi connectivity index (χ4n) is 2.09. The molecule has 0 aliphatic carbocycles. The molecule has 1 aromatic rings. The van der Waals surface area contributed by atoms with E-state index in [1.165, 1.54) is 0 Å². The predicted octanol–water partition coefficient (Wildman–Crippen LogP) is 1.01. The molecule has 108 valence electrons. The molecule has 1 aromatic carbocycles. The number of amides is 1. The minimum atomic E-state index is -0.933. The maximum Gasteiger partial charge on any atom is 0.324 e. The summed E-state index contributed by atoms with van der Waals surface area (Å²) in [6.07, 6.45) is 1.14. The first kappa shape index (κ1) is 14.3. The van der Waals surface area contributed by atoms with Gasteiger partial charge in [0.2, 0.25) is 5.91 Å². The van der Waals surface area contributed by atoms with E-state index in [2.05, 4.69) is 10.6 Å². The summed E-state index contributed by atoms with van der Waals surface area (Å²) in [5.41, 5.74) is 1.81. The number of fused-ring (bicyclic) bond motifs is 1. The number of benzene rings is 1. The lowest BCUT2D eigenvalue weighted by atomic mass is 10.0. The monoisotopic (exact) mass is 278 g/mol. The minimum absolute atomic E-state index is 0.0178. The van der Waals surface area contributed by atoms with E-state index in [-0.39, 0.29) is 12.5 Å². The second-order valence-corrected chi connectivity index (χ2v) is 4.63. The molecule has 1 amide bonds. The third-order valence-corrected chi connectivity index (χ3v) is 3.14. The normalized spacial score (nSPS) is 15.2. The van der Waals surface area contributed by atoms with Gasteiger partial charge in [0.1, 0.15) is 18.4 Å². The van der Waals surface area contributed by atoms with Crippen LogP contribution in [0.2, 0.25) is 0 Å². The number of ether oxygens (including phenoxy) is 1. The van der Waals surface area contributed by atoms with Crippen LogP contribution >= 0.6 is 0 Å². The number of hydrogen-bond acceptors (Lipinski definition) is 4. The zero-order chi connectivity index (χ0) is 14.5. The summed E-state index contributed by atoms with van der Waals surface area (Å²) in [5.74, 6) is -0.301. The predicted molar refractivity (Wildman–Crippen MR) is 74.0 cm³/mol. The van der Waals surface area contributed by atoms with Crippen molar-refractivity contribution < 1.29 is 19.4 Å². The molecule has 0 aromatic heterocycles. The van der Waals surface area contributed by atoms with Gasteiger partial charge < -0.3 is 20.5 Å². The van der Waals surface area contributed by atoms with Gasteiger partial charge in [0.15, 0.2) is 0 Å². The molecule has 0 fully saturated rings. The maximum absolute atomic E-state index is 11.3. The van der Waals surface area contributed by atoms with Crippen LogP contribution in [0.4, 0.5) is 5.69 Å². The summed E-state index contributed by atoms with van der Waals surface area (Å²) in [5, 5.41) is 14.6. The molecular weight excluding hydrogens is 260 g/mol. The molecule has 0 spiro atoms. The van der Waals surface area contributed by atoms with Crippen LogP contribution in [-0.2, 0) is 16.0 Å². The number of likely N-dealkylation sites (N-methyl/N-ethyl adjacent to an activating group) is 1. The minimum Gasteiger partial charge on any atom is -0.491 e. The van der Waals surface area contributed by atoms with E-state index in [0.717, 1.165) is 11.3 Å². The molecule has 1 aliphatic heterocycles. The number of carbonyl (C=O) groups excluding carboxylic acids is 1. The van der Waals surface area contributed by atoms with Gasteiger partial charge in [-0.2, -0.15) is 0 Å². The van der Waals surface area contributed by atoms with Crippen molar-refractivity contribution in [3.63, 3.8) is 0 Å². The van der Waals surface area contributed by atoms with Crippen molar-refractivity contribution in [2.24, 2.45) is 0 Å².